The monoisotopic (exact) mass is 399 g/mol. The van der Waals surface area contributed by atoms with Gasteiger partial charge in [0.05, 0.1) is 22.8 Å². The molecule has 0 bridgehead atoms. The number of benzene rings is 1. The summed E-state index contributed by atoms with van der Waals surface area (Å²) in [5.74, 6) is -0.280. The van der Waals surface area contributed by atoms with E-state index in [2.05, 4.69) is 19.7 Å². The Balaban J connectivity index is 1.73. The second-order valence-electron chi connectivity index (χ2n) is 5.64. The molecule has 0 aliphatic heterocycles. The molecule has 2 heterocycles. The first kappa shape index (κ1) is 19.4. The number of hydrogen-bond donors (Lipinski definition) is 2. The van der Waals surface area contributed by atoms with Crippen molar-refractivity contribution in [2.75, 3.05) is 6.61 Å². The van der Waals surface area contributed by atoms with Crippen molar-refractivity contribution >= 4 is 15.9 Å². The second-order valence-corrected chi connectivity index (χ2v) is 7.41. The normalized spacial score (nSPS) is 11.1. The van der Waals surface area contributed by atoms with Gasteiger partial charge in [-0.1, -0.05) is 0 Å². The lowest BCUT2D eigenvalue weighted by Gasteiger charge is -2.10. The molecule has 0 aliphatic rings. The van der Waals surface area contributed by atoms with Crippen molar-refractivity contribution in [3.05, 3.63) is 66.9 Å². The van der Waals surface area contributed by atoms with Gasteiger partial charge in [0, 0.05) is 30.4 Å². The van der Waals surface area contributed by atoms with Crippen LogP contribution in [-0.4, -0.2) is 35.9 Å². The molecule has 1 amide bonds. The van der Waals surface area contributed by atoms with E-state index in [-0.39, 0.29) is 18.0 Å². The Kier molecular flexibility index (Phi) is 5.92. The summed E-state index contributed by atoms with van der Waals surface area (Å²) in [4.78, 5) is 23.3. The number of sulfonamides is 1. The molecule has 0 unspecified atom stereocenters. The predicted octanol–water partition coefficient (Wildman–Crippen LogP) is 0.881. The summed E-state index contributed by atoms with van der Waals surface area (Å²) in [6.07, 6.45) is 6.30. The van der Waals surface area contributed by atoms with Gasteiger partial charge in [-0.05, 0) is 36.4 Å². The molecule has 10 heteroatoms. The smallest absolute Gasteiger partial charge is 0.255 e. The maximum atomic E-state index is 12.5. The number of rotatable bonds is 8. The number of nitrogens with two attached hydrogens (primary N) is 1. The Morgan fingerprint density at radius 1 is 1.07 bits per heavy atom. The van der Waals surface area contributed by atoms with Crippen LogP contribution in [0.5, 0.6) is 5.75 Å². The van der Waals surface area contributed by atoms with E-state index in [9.17, 15) is 13.2 Å². The fourth-order valence-electron chi connectivity index (χ4n) is 2.36. The molecule has 2 aromatic heterocycles. The van der Waals surface area contributed by atoms with Crippen LogP contribution in [0.3, 0.4) is 0 Å². The van der Waals surface area contributed by atoms with E-state index >= 15 is 0 Å². The first-order valence-corrected chi connectivity index (χ1v) is 9.65. The quantitative estimate of drug-likeness (QED) is 0.573. The van der Waals surface area contributed by atoms with Crippen molar-refractivity contribution in [2.45, 2.75) is 11.4 Å². The molecule has 0 aliphatic carbocycles. The Bertz CT molecular complexity index is 1060. The van der Waals surface area contributed by atoms with Crippen LogP contribution in [0, 0.1) is 0 Å². The lowest BCUT2D eigenvalue weighted by molar-refractivity contribution is -0.119. The number of ether oxygens (including phenoxy) is 1. The minimum Gasteiger partial charge on any atom is -0.484 e. The highest BCUT2D eigenvalue weighted by Gasteiger charge is 2.16. The van der Waals surface area contributed by atoms with Crippen LogP contribution in [0.15, 0.2) is 66.1 Å². The predicted molar refractivity (Wildman–Crippen MR) is 100 cm³/mol. The number of nitrogens with one attached hydrogen (secondary N) is 1. The van der Waals surface area contributed by atoms with Crippen molar-refractivity contribution < 1.29 is 17.9 Å². The Labute approximate surface area is 161 Å². The van der Waals surface area contributed by atoms with E-state index in [0.29, 0.717) is 17.1 Å². The Morgan fingerprint density at radius 2 is 1.82 bits per heavy atom. The van der Waals surface area contributed by atoms with E-state index in [1.54, 1.807) is 18.5 Å². The SMILES string of the molecule is NC(=O)COc1ccc(S(=O)(=O)NCc2nccnc2-c2cccnc2)cc1. The van der Waals surface area contributed by atoms with Gasteiger partial charge in [-0.3, -0.25) is 19.7 Å². The molecule has 1 aromatic carbocycles. The largest absolute Gasteiger partial charge is 0.484 e. The number of primary amides is 1. The highest BCUT2D eigenvalue weighted by molar-refractivity contribution is 7.89. The summed E-state index contributed by atoms with van der Waals surface area (Å²) in [5, 5.41) is 0. The molecular weight excluding hydrogens is 382 g/mol. The molecule has 3 aromatic rings. The van der Waals surface area contributed by atoms with Gasteiger partial charge in [0.2, 0.25) is 10.0 Å². The molecule has 0 atom stereocenters. The minimum atomic E-state index is -3.79. The number of aromatic nitrogens is 3. The molecule has 0 saturated carbocycles. The highest BCUT2D eigenvalue weighted by atomic mass is 32.2. The minimum absolute atomic E-state index is 0.0413. The molecule has 0 spiro atoms. The van der Waals surface area contributed by atoms with Gasteiger partial charge >= 0.3 is 0 Å². The molecule has 28 heavy (non-hydrogen) atoms. The van der Waals surface area contributed by atoms with Crippen LogP contribution in [-0.2, 0) is 21.4 Å². The average Bonchev–Trinajstić information content (AvgIpc) is 2.72. The van der Waals surface area contributed by atoms with Crippen LogP contribution in [0.4, 0.5) is 0 Å². The third-order valence-electron chi connectivity index (χ3n) is 3.65. The summed E-state index contributed by atoms with van der Waals surface area (Å²) in [6, 6.07) is 9.22. The lowest BCUT2D eigenvalue weighted by Crippen LogP contribution is -2.24. The zero-order chi connectivity index (χ0) is 20.0. The van der Waals surface area contributed by atoms with E-state index in [1.807, 2.05) is 6.07 Å². The van der Waals surface area contributed by atoms with Gasteiger partial charge in [0.15, 0.2) is 6.61 Å². The molecule has 0 fully saturated rings. The van der Waals surface area contributed by atoms with E-state index in [0.717, 1.165) is 5.56 Å². The molecule has 9 nitrogen and oxygen atoms in total. The molecule has 144 valence electrons. The van der Waals surface area contributed by atoms with Gasteiger partial charge < -0.3 is 10.5 Å². The van der Waals surface area contributed by atoms with Crippen molar-refractivity contribution in [3.8, 4) is 17.0 Å². The van der Waals surface area contributed by atoms with Crippen LogP contribution in [0.1, 0.15) is 5.69 Å². The maximum Gasteiger partial charge on any atom is 0.255 e. The van der Waals surface area contributed by atoms with Gasteiger partial charge in [-0.2, -0.15) is 0 Å². The molecule has 3 rings (SSSR count). The van der Waals surface area contributed by atoms with Gasteiger partial charge in [0.25, 0.3) is 5.91 Å². The summed E-state index contributed by atoms with van der Waals surface area (Å²) in [6.45, 7) is -0.325. The van der Waals surface area contributed by atoms with Crippen LogP contribution < -0.4 is 15.2 Å². The van der Waals surface area contributed by atoms with Crippen LogP contribution in [0.2, 0.25) is 0 Å². The molecule has 0 saturated heterocycles. The number of carbonyl (C=O) groups excluding carboxylic acids is 1. The summed E-state index contributed by atoms with van der Waals surface area (Å²) in [5.41, 5.74) is 6.76. The average molecular weight is 399 g/mol. The third-order valence-corrected chi connectivity index (χ3v) is 5.07. The van der Waals surface area contributed by atoms with Crippen LogP contribution in [0.25, 0.3) is 11.3 Å². The fraction of sp³-hybridized carbons (Fsp3) is 0.111. The van der Waals surface area contributed by atoms with Gasteiger partial charge in [-0.25, -0.2) is 13.1 Å². The number of carbonyl (C=O) groups is 1. The Hall–Kier alpha value is -3.37. The van der Waals surface area contributed by atoms with Crippen molar-refractivity contribution in [1.29, 1.82) is 0 Å². The van der Waals surface area contributed by atoms with Crippen molar-refractivity contribution in [3.63, 3.8) is 0 Å². The lowest BCUT2D eigenvalue weighted by atomic mass is 10.1. The summed E-state index contributed by atoms with van der Waals surface area (Å²) in [7, 11) is -3.79. The number of amides is 1. The zero-order valence-corrected chi connectivity index (χ0v) is 15.5. The van der Waals surface area contributed by atoms with E-state index in [1.165, 1.54) is 36.7 Å². The zero-order valence-electron chi connectivity index (χ0n) is 14.6. The third kappa shape index (κ3) is 4.87. The fourth-order valence-corrected chi connectivity index (χ4v) is 3.34. The van der Waals surface area contributed by atoms with Gasteiger partial charge in [0.1, 0.15) is 5.75 Å². The number of pyridine rings is 1. The molecule has 0 radical (unpaired) electrons. The molecule has 3 N–H and O–H groups in total. The Morgan fingerprint density at radius 3 is 2.50 bits per heavy atom. The first-order chi connectivity index (χ1) is 13.5. The molecular formula is C18H17N5O4S. The van der Waals surface area contributed by atoms with Crippen LogP contribution >= 0.6 is 0 Å². The first-order valence-electron chi connectivity index (χ1n) is 8.17. The maximum absolute atomic E-state index is 12.5. The highest BCUT2D eigenvalue weighted by Crippen LogP contribution is 2.20. The number of hydrogen-bond acceptors (Lipinski definition) is 7. The van der Waals surface area contributed by atoms with Gasteiger partial charge in [-0.15, -0.1) is 0 Å². The second kappa shape index (κ2) is 8.55. The topological polar surface area (TPSA) is 137 Å². The van der Waals surface area contributed by atoms with Crippen molar-refractivity contribution in [1.82, 2.24) is 19.7 Å². The summed E-state index contributed by atoms with van der Waals surface area (Å²) >= 11 is 0. The standard InChI is InChI=1S/C18H17N5O4S/c19-17(24)12-27-14-3-5-15(6-4-14)28(25,26)23-11-16-18(22-9-8-21-16)13-2-1-7-20-10-13/h1-10,23H,11-12H2,(H2,19,24). The van der Waals surface area contributed by atoms with E-state index in [4.69, 9.17) is 10.5 Å². The summed E-state index contributed by atoms with van der Waals surface area (Å²) < 4.78 is 32.7. The van der Waals surface area contributed by atoms with Crippen molar-refractivity contribution in [2.24, 2.45) is 5.73 Å². The number of nitrogens with zero attached hydrogens (tertiary/aromatic N) is 3. The van der Waals surface area contributed by atoms with E-state index < -0.39 is 15.9 Å².